The number of hydrogen-bond acceptors (Lipinski definition) is 4. The molecule has 0 aliphatic carbocycles. The van der Waals surface area contributed by atoms with E-state index in [0.29, 0.717) is 24.1 Å². The van der Waals surface area contributed by atoms with Gasteiger partial charge in [-0.3, -0.25) is 4.99 Å². The number of benzene rings is 1. The molecule has 2 aromatic rings. The summed E-state index contributed by atoms with van der Waals surface area (Å²) in [6.45, 7) is 5.03. The third kappa shape index (κ3) is 7.23. The van der Waals surface area contributed by atoms with Gasteiger partial charge >= 0.3 is 0 Å². The van der Waals surface area contributed by atoms with E-state index in [1.165, 1.54) is 6.07 Å². The first kappa shape index (κ1) is 21.8. The fourth-order valence-electron chi connectivity index (χ4n) is 2.03. The zero-order chi connectivity index (χ0) is 17.4. The Bertz CT molecular complexity index is 674. The molecule has 2 rings (SSSR count). The van der Waals surface area contributed by atoms with E-state index in [1.54, 1.807) is 24.9 Å². The highest BCUT2D eigenvalue weighted by molar-refractivity contribution is 14.0. The van der Waals surface area contributed by atoms with Crippen LogP contribution in [0.2, 0.25) is 0 Å². The Morgan fingerprint density at radius 2 is 2.04 bits per heavy atom. The lowest BCUT2D eigenvalue weighted by molar-refractivity contribution is 0.464. The second-order valence-electron chi connectivity index (χ2n) is 5.25. The second kappa shape index (κ2) is 11.3. The van der Waals surface area contributed by atoms with E-state index in [2.05, 4.69) is 20.6 Å². The van der Waals surface area contributed by atoms with Gasteiger partial charge in [0.15, 0.2) is 5.96 Å². The van der Waals surface area contributed by atoms with Gasteiger partial charge in [-0.25, -0.2) is 9.37 Å². The maximum Gasteiger partial charge on any atom is 0.214 e. The van der Waals surface area contributed by atoms with Crippen LogP contribution in [0.5, 0.6) is 0 Å². The molecule has 1 aromatic heterocycles. The number of aryl methyl sites for hydroxylation is 2. The molecule has 0 atom stereocenters. The molecule has 2 N–H and O–H groups in total. The summed E-state index contributed by atoms with van der Waals surface area (Å²) in [4.78, 5) is 8.47. The number of oxazole rings is 1. The van der Waals surface area contributed by atoms with Gasteiger partial charge < -0.3 is 15.1 Å². The molecule has 5 nitrogen and oxygen atoms in total. The molecular weight excluding hydrogens is 454 g/mol. The minimum Gasteiger partial charge on any atom is -0.444 e. The van der Waals surface area contributed by atoms with Gasteiger partial charge in [-0.15, -0.1) is 24.0 Å². The van der Waals surface area contributed by atoms with E-state index in [9.17, 15) is 4.39 Å². The van der Waals surface area contributed by atoms with Crippen LogP contribution >= 0.6 is 35.7 Å². The number of hydrogen-bond donors (Lipinski definition) is 2. The molecule has 0 saturated heterocycles. The van der Waals surface area contributed by atoms with E-state index in [0.717, 1.165) is 29.3 Å². The number of aliphatic imine (C=N–C) groups is 1. The molecule has 0 bridgehead atoms. The van der Waals surface area contributed by atoms with Crippen molar-refractivity contribution in [3.05, 3.63) is 53.0 Å². The van der Waals surface area contributed by atoms with Crippen LogP contribution in [0.25, 0.3) is 0 Å². The van der Waals surface area contributed by atoms with Gasteiger partial charge in [-0.05, 0) is 25.5 Å². The van der Waals surface area contributed by atoms with E-state index in [-0.39, 0.29) is 29.8 Å². The van der Waals surface area contributed by atoms with Crippen molar-refractivity contribution in [2.24, 2.45) is 4.99 Å². The minimum absolute atomic E-state index is 0. The summed E-state index contributed by atoms with van der Waals surface area (Å²) >= 11 is 1.68. The molecule has 0 aliphatic rings. The van der Waals surface area contributed by atoms with Gasteiger partial charge in [0.1, 0.15) is 11.6 Å². The van der Waals surface area contributed by atoms with Crippen molar-refractivity contribution in [2.45, 2.75) is 26.1 Å². The van der Waals surface area contributed by atoms with Crippen molar-refractivity contribution >= 4 is 41.7 Å². The third-order valence-corrected chi connectivity index (χ3v) is 4.47. The summed E-state index contributed by atoms with van der Waals surface area (Å²) in [7, 11) is 1.72. The van der Waals surface area contributed by atoms with E-state index in [1.807, 2.05) is 26.0 Å². The molecular formula is C17H24FIN4OS. The fraction of sp³-hybridized carbons (Fsp3) is 0.412. The first-order valence-electron chi connectivity index (χ1n) is 7.78. The summed E-state index contributed by atoms with van der Waals surface area (Å²) in [6, 6.07) is 6.87. The Hall–Kier alpha value is -1.29. The monoisotopic (exact) mass is 478 g/mol. The Balaban J connectivity index is 0.00000312. The maximum absolute atomic E-state index is 13.5. The summed E-state index contributed by atoms with van der Waals surface area (Å²) in [5, 5.41) is 6.37. The number of thioether (sulfide) groups is 1. The lowest BCUT2D eigenvalue weighted by atomic mass is 10.2. The topological polar surface area (TPSA) is 62.5 Å². The van der Waals surface area contributed by atoms with Crippen LogP contribution in [0, 0.1) is 19.7 Å². The highest BCUT2D eigenvalue weighted by Gasteiger charge is 2.06. The van der Waals surface area contributed by atoms with Crippen molar-refractivity contribution in [3.8, 4) is 0 Å². The standard InChI is InChI=1S/C17H23FN4OS.HI/c1-12-13(2)23-16(22-12)10-21-17(19-3)20-8-9-24-11-14-6-4-5-7-15(14)18;/h4-7H,8-11H2,1-3H3,(H2,19,20,21);1H. The van der Waals surface area contributed by atoms with Gasteiger partial charge in [-0.2, -0.15) is 11.8 Å². The zero-order valence-corrected chi connectivity index (χ0v) is 17.8. The van der Waals surface area contributed by atoms with Crippen LogP contribution in [0.15, 0.2) is 33.7 Å². The molecule has 0 fully saturated rings. The van der Waals surface area contributed by atoms with Gasteiger partial charge in [0, 0.05) is 25.1 Å². The lowest BCUT2D eigenvalue weighted by Gasteiger charge is -2.10. The molecule has 138 valence electrons. The number of aromatic nitrogens is 1. The Kier molecular flexibility index (Phi) is 9.88. The summed E-state index contributed by atoms with van der Waals surface area (Å²) in [5.41, 5.74) is 1.64. The summed E-state index contributed by atoms with van der Waals surface area (Å²) in [6.07, 6.45) is 0. The Morgan fingerprint density at radius 3 is 2.68 bits per heavy atom. The predicted molar refractivity (Wildman–Crippen MR) is 112 cm³/mol. The van der Waals surface area contributed by atoms with Crippen molar-refractivity contribution in [1.82, 2.24) is 15.6 Å². The van der Waals surface area contributed by atoms with Crippen molar-refractivity contribution < 1.29 is 8.81 Å². The number of rotatable bonds is 7. The van der Waals surface area contributed by atoms with E-state index in [4.69, 9.17) is 4.42 Å². The molecule has 0 spiro atoms. The molecule has 25 heavy (non-hydrogen) atoms. The first-order valence-corrected chi connectivity index (χ1v) is 8.94. The zero-order valence-electron chi connectivity index (χ0n) is 14.6. The Labute approximate surface area is 169 Å². The van der Waals surface area contributed by atoms with E-state index < -0.39 is 0 Å². The second-order valence-corrected chi connectivity index (χ2v) is 6.35. The molecule has 0 aliphatic heterocycles. The number of guanidine groups is 1. The molecule has 8 heteroatoms. The highest BCUT2D eigenvalue weighted by atomic mass is 127. The average Bonchev–Trinajstić information content (AvgIpc) is 2.90. The smallest absolute Gasteiger partial charge is 0.214 e. The van der Waals surface area contributed by atoms with Crippen molar-refractivity contribution in [2.75, 3.05) is 19.3 Å². The van der Waals surface area contributed by atoms with Crippen LogP contribution in [0.4, 0.5) is 4.39 Å². The van der Waals surface area contributed by atoms with Gasteiger partial charge in [0.05, 0.1) is 12.2 Å². The van der Waals surface area contributed by atoms with Crippen molar-refractivity contribution in [1.29, 1.82) is 0 Å². The lowest BCUT2D eigenvalue weighted by Crippen LogP contribution is -2.38. The first-order chi connectivity index (χ1) is 11.6. The van der Waals surface area contributed by atoms with Gasteiger partial charge in [0.25, 0.3) is 0 Å². The molecule has 1 aromatic carbocycles. The van der Waals surface area contributed by atoms with Gasteiger partial charge in [-0.1, -0.05) is 18.2 Å². The van der Waals surface area contributed by atoms with Crippen LogP contribution in [0.3, 0.4) is 0 Å². The molecule has 0 unspecified atom stereocenters. The summed E-state index contributed by atoms with van der Waals surface area (Å²) < 4.78 is 19.0. The number of nitrogens with one attached hydrogen (secondary N) is 2. The summed E-state index contributed by atoms with van der Waals surface area (Å²) in [5.74, 6) is 3.53. The van der Waals surface area contributed by atoms with Gasteiger partial charge in [0.2, 0.25) is 5.89 Å². The molecule has 1 heterocycles. The van der Waals surface area contributed by atoms with Crippen LogP contribution in [0.1, 0.15) is 22.9 Å². The normalized spacial score (nSPS) is 11.1. The van der Waals surface area contributed by atoms with Crippen molar-refractivity contribution in [3.63, 3.8) is 0 Å². The average molecular weight is 478 g/mol. The largest absolute Gasteiger partial charge is 0.444 e. The fourth-order valence-corrected chi connectivity index (χ4v) is 2.88. The molecule has 0 saturated carbocycles. The van der Waals surface area contributed by atoms with E-state index >= 15 is 0 Å². The number of halogens is 2. The quantitative estimate of drug-likeness (QED) is 0.276. The maximum atomic E-state index is 13.5. The van der Waals surface area contributed by atoms with Crippen LogP contribution in [-0.4, -0.2) is 30.3 Å². The minimum atomic E-state index is -0.146. The Morgan fingerprint density at radius 1 is 1.28 bits per heavy atom. The van der Waals surface area contributed by atoms with Crippen LogP contribution < -0.4 is 10.6 Å². The van der Waals surface area contributed by atoms with Crippen LogP contribution in [-0.2, 0) is 12.3 Å². The molecule has 0 amide bonds. The predicted octanol–water partition coefficient (Wildman–Crippen LogP) is 3.65. The highest BCUT2D eigenvalue weighted by Crippen LogP contribution is 2.14. The molecule has 0 radical (unpaired) electrons. The third-order valence-electron chi connectivity index (χ3n) is 3.46. The number of nitrogens with zero attached hydrogens (tertiary/aromatic N) is 2. The SMILES string of the molecule is CN=C(NCCSCc1ccccc1F)NCc1nc(C)c(C)o1.I.